The molecule has 4 aromatic rings. The van der Waals surface area contributed by atoms with Gasteiger partial charge in [-0.2, -0.15) is 4.39 Å². The first-order valence-corrected chi connectivity index (χ1v) is 8.60. The maximum absolute atomic E-state index is 14.4. The van der Waals surface area contributed by atoms with Gasteiger partial charge in [0.1, 0.15) is 0 Å². The predicted octanol–water partition coefficient (Wildman–Crippen LogP) is 4.32. The molecule has 3 aromatic heterocycles. The van der Waals surface area contributed by atoms with E-state index in [0.29, 0.717) is 50.4 Å². The normalized spacial score (nSPS) is 14.4. The molecule has 6 heteroatoms. The quantitative estimate of drug-likeness (QED) is 0.529. The van der Waals surface area contributed by atoms with Crippen LogP contribution >= 0.6 is 0 Å². The Labute approximate surface area is 148 Å². The van der Waals surface area contributed by atoms with Crippen molar-refractivity contribution in [2.24, 2.45) is 0 Å². The molecule has 5 rings (SSSR count). The number of aromatic nitrogens is 3. The lowest BCUT2D eigenvalue weighted by Gasteiger charge is -2.10. The molecule has 5 nitrogen and oxygen atoms in total. The number of rotatable bonds is 2. The highest BCUT2D eigenvalue weighted by molar-refractivity contribution is 6.12. The monoisotopic (exact) mass is 348 g/mol. The molecule has 1 fully saturated rings. The summed E-state index contributed by atoms with van der Waals surface area (Å²) in [5.41, 5.74) is 9.71. The zero-order valence-electron chi connectivity index (χ0n) is 14.2. The Bertz CT molecular complexity index is 1190. The largest absolute Gasteiger partial charge is 0.494 e. The average Bonchev–Trinajstić information content (AvgIpc) is 3.39. The van der Waals surface area contributed by atoms with Crippen molar-refractivity contribution in [2.75, 3.05) is 5.73 Å². The second-order valence-electron chi connectivity index (χ2n) is 6.87. The third-order valence-electron chi connectivity index (χ3n) is 5.03. The van der Waals surface area contributed by atoms with E-state index >= 15 is 0 Å². The number of para-hydroxylation sites is 1. The predicted molar refractivity (Wildman–Crippen MR) is 99.5 cm³/mol. The van der Waals surface area contributed by atoms with Crippen molar-refractivity contribution in [3.05, 3.63) is 48.2 Å². The average molecular weight is 348 g/mol. The molecule has 26 heavy (non-hydrogen) atoms. The van der Waals surface area contributed by atoms with Crippen LogP contribution in [-0.2, 0) is 0 Å². The van der Waals surface area contributed by atoms with Gasteiger partial charge in [-0.1, -0.05) is 18.2 Å². The van der Waals surface area contributed by atoms with Crippen LogP contribution in [0.4, 0.5) is 10.1 Å². The Morgan fingerprint density at radius 3 is 2.69 bits per heavy atom. The van der Waals surface area contributed by atoms with E-state index < -0.39 is 5.95 Å². The molecular formula is C20H17FN4O. The van der Waals surface area contributed by atoms with E-state index in [1.54, 1.807) is 19.1 Å². The Morgan fingerprint density at radius 1 is 1.15 bits per heavy atom. The van der Waals surface area contributed by atoms with Crippen molar-refractivity contribution >= 4 is 27.5 Å². The van der Waals surface area contributed by atoms with Gasteiger partial charge >= 0.3 is 0 Å². The van der Waals surface area contributed by atoms with Gasteiger partial charge in [0.05, 0.1) is 22.1 Å². The summed E-state index contributed by atoms with van der Waals surface area (Å²) in [4.78, 5) is 8.64. The third-order valence-corrected chi connectivity index (χ3v) is 5.03. The molecule has 1 saturated carbocycles. The lowest BCUT2D eigenvalue weighted by atomic mass is 10.0. The summed E-state index contributed by atoms with van der Waals surface area (Å²) in [5, 5.41) is 11.8. The van der Waals surface area contributed by atoms with Crippen LogP contribution in [-0.4, -0.2) is 19.6 Å². The lowest BCUT2D eigenvalue weighted by Crippen LogP contribution is -1.96. The lowest BCUT2D eigenvalue weighted by molar-refractivity contribution is 0.424. The van der Waals surface area contributed by atoms with Gasteiger partial charge in [0.15, 0.2) is 0 Å². The number of aromatic hydroxyl groups is 1. The number of nitrogen functional groups attached to an aromatic ring is 1. The fourth-order valence-corrected chi connectivity index (χ4v) is 3.56. The topological polar surface area (TPSA) is 77.0 Å². The number of hydrogen-bond donors (Lipinski definition) is 2. The Hall–Kier alpha value is -3.15. The Kier molecular flexibility index (Phi) is 3.01. The van der Waals surface area contributed by atoms with Gasteiger partial charge in [0, 0.05) is 34.4 Å². The molecule has 0 bridgehead atoms. The first-order valence-electron chi connectivity index (χ1n) is 8.60. The fourth-order valence-electron chi connectivity index (χ4n) is 3.56. The number of nitrogens with two attached hydrogens (primary N) is 1. The van der Waals surface area contributed by atoms with E-state index in [4.69, 9.17) is 10.7 Å². The number of benzene rings is 1. The summed E-state index contributed by atoms with van der Waals surface area (Å²) in [6.07, 6.45) is 3.91. The van der Waals surface area contributed by atoms with Gasteiger partial charge in [-0.15, -0.1) is 0 Å². The first-order chi connectivity index (χ1) is 12.5. The van der Waals surface area contributed by atoms with E-state index in [1.807, 2.05) is 29.0 Å². The summed E-state index contributed by atoms with van der Waals surface area (Å²) >= 11 is 0. The van der Waals surface area contributed by atoms with Gasteiger partial charge in [0.25, 0.3) is 0 Å². The number of pyridine rings is 2. The van der Waals surface area contributed by atoms with Crippen molar-refractivity contribution < 1.29 is 9.50 Å². The van der Waals surface area contributed by atoms with Crippen molar-refractivity contribution in [3.8, 4) is 17.0 Å². The van der Waals surface area contributed by atoms with Crippen molar-refractivity contribution in [3.63, 3.8) is 0 Å². The Balaban J connectivity index is 1.85. The molecule has 0 atom stereocenters. The minimum atomic E-state index is -0.531. The number of halogens is 1. The zero-order valence-corrected chi connectivity index (χ0v) is 14.2. The molecule has 0 radical (unpaired) electrons. The molecule has 1 aliphatic carbocycles. The molecular weight excluding hydrogens is 331 g/mol. The van der Waals surface area contributed by atoms with Crippen LogP contribution < -0.4 is 5.73 Å². The van der Waals surface area contributed by atoms with Gasteiger partial charge in [-0.05, 0) is 31.9 Å². The van der Waals surface area contributed by atoms with E-state index in [1.165, 1.54) is 0 Å². The number of hydrogen-bond acceptors (Lipinski definition) is 4. The molecule has 0 spiro atoms. The number of nitrogens with zero attached hydrogens (tertiary/aromatic N) is 3. The van der Waals surface area contributed by atoms with Crippen LogP contribution in [0.1, 0.15) is 24.6 Å². The number of fused-ring (bicyclic) bond motifs is 2. The summed E-state index contributed by atoms with van der Waals surface area (Å²) in [6.45, 7) is 1.75. The van der Waals surface area contributed by atoms with Crippen molar-refractivity contribution in [2.45, 2.75) is 25.8 Å². The molecule has 1 aromatic carbocycles. The molecule has 1 aliphatic rings. The minimum Gasteiger partial charge on any atom is -0.494 e. The maximum atomic E-state index is 14.4. The van der Waals surface area contributed by atoms with Crippen LogP contribution in [0.15, 0.2) is 36.5 Å². The standard InChI is InChI=1S/C20H17FN4O/c1-10-5-8-13(19(21)23-10)12-3-2-4-14-17(22)16-15(24-18(12)14)9-25(20(16)26)11-6-7-11/h2-5,8-9,11,26H,6-7,22H2,1H3. The van der Waals surface area contributed by atoms with Gasteiger partial charge in [0.2, 0.25) is 11.8 Å². The van der Waals surface area contributed by atoms with Crippen LogP contribution in [0.25, 0.3) is 32.9 Å². The smallest absolute Gasteiger partial charge is 0.221 e. The number of aryl methyl sites for hydroxylation is 1. The van der Waals surface area contributed by atoms with Crippen molar-refractivity contribution in [1.82, 2.24) is 14.5 Å². The van der Waals surface area contributed by atoms with Gasteiger partial charge in [-0.3, -0.25) is 0 Å². The Morgan fingerprint density at radius 2 is 1.96 bits per heavy atom. The van der Waals surface area contributed by atoms with Crippen LogP contribution in [0.2, 0.25) is 0 Å². The highest BCUT2D eigenvalue weighted by Crippen LogP contribution is 2.44. The fraction of sp³-hybridized carbons (Fsp3) is 0.200. The first kappa shape index (κ1) is 15.1. The minimum absolute atomic E-state index is 0.156. The molecule has 3 N–H and O–H groups in total. The maximum Gasteiger partial charge on any atom is 0.221 e. The molecule has 0 unspecified atom stereocenters. The second kappa shape index (κ2) is 5.17. The van der Waals surface area contributed by atoms with Crippen LogP contribution in [0.3, 0.4) is 0 Å². The van der Waals surface area contributed by atoms with Crippen molar-refractivity contribution in [1.29, 1.82) is 0 Å². The van der Waals surface area contributed by atoms with Crippen LogP contribution in [0, 0.1) is 12.9 Å². The van der Waals surface area contributed by atoms with E-state index in [2.05, 4.69) is 4.98 Å². The molecule has 130 valence electrons. The number of anilines is 1. The SMILES string of the molecule is Cc1ccc(-c2cccc3c(N)c4c(O)n(C5CC5)cc4nc23)c(F)n1. The summed E-state index contributed by atoms with van der Waals surface area (Å²) in [5.74, 6) is -0.376. The third kappa shape index (κ3) is 2.08. The second-order valence-corrected chi connectivity index (χ2v) is 6.87. The molecule has 3 heterocycles. The zero-order chi connectivity index (χ0) is 18.0. The van der Waals surface area contributed by atoms with Crippen LogP contribution in [0.5, 0.6) is 5.88 Å². The molecule has 0 saturated heterocycles. The summed E-state index contributed by atoms with van der Waals surface area (Å²) in [7, 11) is 0. The highest BCUT2D eigenvalue weighted by atomic mass is 19.1. The molecule has 0 amide bonds. The van der Waals surface area contributed by atoms with Gasteiger partial charge < -0.3 is 15.4 Å². The van der Waals surface area contributed by atoms with Gasteiger partial charge in [-0.25, -0.2) is 9.97 Å². The van der Waals surface area contributed by atoms with E-state index in [9.17, 15) is 9.50 Å². The highest BCUT2D eigenvalue weighted by Gasteiger charge is 2.28. The van der Waals surface area contributed by atoms with E-state index in [-0.39, 0.29) is 5.88 Å². The summed E-state index contributed by atoms with van der Waals surface area (Å²) < 4.78 is 16.3. The van der Waals surface area contributed by atoms with E-state index in [0.717, 1.165) is 12.8 Å². The molecule has 0 aliphatic heterocycles. The summed E-state index contributed by atoms with van der Waals surface area (Å²) in [6, 6.07) is 9.26.